The van der Waals surface area contributed by atoms with Gasteiger partial charge in [0.2, 0.25) is 5.95 Å². The second kappa shape index (κ2) is 8.49. The molecule has 0 aliphatic rings. The van der Waals surface area contributed by atoms with E-state index in [2.05, 4.69) is 50.3 Å². The first kappa shape index (κ1) is 19.7. The van der Waals surface area contributed by atoms with Crippen LogP contribution >= 0.6 is 11.3 Å². The van der Waals surface area contributed by atoms with E-state index in [0.29, 0.717) is 24.0 Å². The molecule has 0 unspecified atom stereocenters. The fraction of sp³-hybridized carbons (Fsp3) is 0.0833. The number of hydrogen-bond acceptors (Lipinski definition) is 7. The Morgan fingerprint density at radius 2 is 1.88 bits per heavy atom. The lowest BCUT2D eigenvalue weighted by Gasteiger charge is -2.11. The van der Waals surface area contributed by atoms with E-state index in [1.54, 1.807) is 11.3 Å². The predicted molar refractivity (Wildman–Crippen MR) is 129 cm³/mol. The van der Waals surface area contributed by atoms with Gasteiger partial charge in [-0.25, -0.2) is 4.98 Å². The van der Waals surface area contributed by atoms with Crippen LogP contribution in [0.1, 0.15) is 11.1 Å². The molecular formula is C24H19N7S. The maximum Gasteiger partial charge on any atom is 0.229 e. The molecule has 32 heavy (non-hydrogen) atoms. The molecule has 0 bridgehead atoms. The van der Waals surface area contributed by atoms with E-state index in [4.69, 9.17) is 10.2 Å². The molecule has 0 fully saturated rings. The van der Waals surface area contributed by atoms with Gasteiger partial charge in [-0.3, -0.25) is 5.10 Å². The van der Waals surface area contributed by atoms with Gasteiger partial charge in [-0.05, 0) is 53.8 Å². The first-order valence-electron chi connectivity index (χ1n) is 10.1. The molecule has 3 aromatic heterocycles. The molecule has 0 saturated carbocycles. The fourth-order valence-corrected chi connectivity index (χ4v) is 4.32. The Hall–Kier alpha value is -4.22. The average molecular weight is 438 g/mol. The molecule has 0 aliphatic heterocycles. The van der Waals surface area contributed by atoms with Crippen molar-refractivity contribution in [3.05, 3.63) is 77.2 Å². The van der Waals surface area contributed by atoms with E-state index < -0.39 is 0 Å². The summed E-state index contributed by atoms with van der Waals surface area (Å²) in [6.07, 6.45) is 0.386. The lowest BCUT2D eigenvalue weighted by atomic mass is 10.1. The maximum absolute atomic E-state index is 8.85. The lowest BCUT2D eigenvalue weighted by Crippen LogP contribution is -2.02. The van der Waals surface area contributed by atoms with Gasteiger partial charge < -0.3 is 10.6 Å². The Kier molecular flexibility index (Phi) is 5.24. The van der Waals surface area contributed by atoms with Gasteiger partial charge in [-0.15, -0.1) is 11.3 Å². The molecule has 0 aliphatic carbocycles. The molecule has 0 atom stereocenters. The van der Waals surface area contributed by atoms with Crippen LogP contribution in [0, 0.1) is 18.3 Å². The SMILES string of the molecule is Cc1ccsc1-c1cc(Nc2nc(Nc3ccc(CC#N)cc3)nc3ccccc23)n[nH]1. The molecular weight excluding hydrogens is 418 g/mol. The zero-order valence-electron chi connectivity index (χ0n) is 17.3. The molecule has 7 nitrogen and oxygen atoms in total. The number of H-pyrrole nitrogens is 1. The van der Waals surface area contributed by atoms with E-state index in [1.807, 2.05) is 54.6 Å². The van der Waals surface area contributed by atoms with E-state index in [-0.39, 0.29) is 0 Å². The number of aryl methyl sites for hydroxylation is 1. The highest BCUT2D eigenvalue weighted by atomic mass is 32.1. The van der Waals surface area contributed by atoms with Crippen molar-refractivity contribution in [3.63, 3.8) is 0 Å². The number of benzene rings is 2. The average Bonchev–Trinajstić information content (AvgIpc) is 3.44. The van der Waals surface area contributed by atoms with Crippen molar-refractivity contribution in [2.75, 3.05) is 10.6 Å². The number of nitrogens with zero attached hydrogens (tertiary/aromatic N) is 4. The van der Waals surface area contributed by atoms with Crippen molar-refractivity contribution in [3.8, 4) is 16.6 Å². The van der Waals surface area contributed by atoms with Crippen LogP contribution in [0.3, 0.4) is 0 Å². The largest absolute Gasteiger partial charge is 0.324 e. The van der Waals surface area contributed by atoms with Gasteiger partial charge in [-0.2, -0.15) is 15.3 Å². The number of nitriles is 1. The van der Waals surface area contributed by atoms with E-state index in [9.17, 15) is 0 Å². The number of thiophene rings is 1. The summed E-state index contributed by atoms with van der Waals surface area (Å²) >= 11 is 1.68. The van der Waals surface area contributed by atoms with Gasteiger partial charge >= 0.3 is 0 Å². The Morgan fingerprint density at radius 1 is 1.03 bits per heavy atom. The third-order valence-corrected chi connectivity index (χ3v) is 6.08. The van der Waals surface area contributed by atoms with Crippen LogP contribution in [0.15, 0.2) is 66.0 Å². The van der Waals surface area contributed by atoms with Crippen LogP contribution in [0.25, 0.3) is 21.5 Å². The number of anilines is 4. The van der Waals surface area contributed by atoms with Gasteiger partial charge in [0.05, 0.1) is 28.6 Å². The first-order valence-corrected chi connectivity index (χ1v) is 10.9. The molecule has 0 spiro atoms. The number of hydrogen-bond donors (Lipinski definition) is 3. The van der Waals surface area contributed by atoms with Crippen molar-refractivity contribution in [1.29, 1.82) is 5.26 Å². The summed E-state index contributed by atoms with van der Waals surface area (Å²) < 4.78 is 0. The van der Waals surface area contributed by atoms with Crippen LogP contribution in [-0.2, 0) is 6.42 Å². The van der Waals surface area contributed by atoms with Crippen LogP contribution in [-0.4, -0.2) is 20.2 Å². The second-order valence-corrected chi connectivity index (χ2v) is 8.21. The Bertz CT molecular complexity index is 1430. The smallest absolute Gasteiger partial charge is 0.229 e. The topological polar surface area (TPSA) is 102 Å². The Labute approximate surface area is 188 Å². The third kappa shape index (κ3) is 4.02. The fourth-order valence-electron chi connectivity index (χ4n) is 3.43. The number of aromatic amines is 1. The molecule has 3 N–H and O–H groups in total. The molecule has 2 aromatic carbocycles. The van der Waals surface area contributed by atoms with E-state index in [1.165, 1.54) is 10.4 Å². The van der Waals surface area contributed by atoms with Gasteiger partial charge in [0.1, 0.15) is 5.82 Å². The number of aromatic nitrogens is 4. The predicted octanol–water partition coefficient (Wildman–Crippen LogP) is 5.94. The normalized spacial score (nSPS) is 10.8. The minimum Gasteiger partial charge on any atom is -0.324 e. The van der Waals surface area contributed by atoms with Crippen LogP contribution in [0.4, 0.5) is 23.3 Å². The Morgan fingerprint density at radius 3 is 2.66 bits per heavy atom. The summed E-state index contributed by atoms with van der Waals surface area (Å²) in [6.45, 7) is 2.09. The minimum absolute atomic E-state index is 0.386. The molecule has 0 amide bonds. The Balaban J connectivity index is 1.45. The van der Waals surface area contributed by atoms with Crippen molar-refractivity contribution < 1.29 is 0 Å². The van der Waals surface area contributed by atoms with Crippen molar-refractivity contribution in [2.24, 2.45) is 0 Å². The first-order chi connectivity index (χ1) is 15.7. The zero-order valence-corrected chi connectivity index (χ0v) is 18.1. The maximum atomic E-state index is 8.85. The molecule has 3 heterocycles. The summed E-state index contributed by atoms with van der Waals surface area (Å²) in [5, 5.41) is 25.9. The summed E-state index contributed by atoms with van der Waals surface area (Å²) in [5.41, 5.74) is 4.82. The molecule has 0 radical (unpaired) electrons. The molecule has 156 valence electrons. The van der Waals surface area contributed by atoms with Crippen molar-refractivity contribution in [2.45, 2.75) is 13.3 Å². The summed E-state index contributed by atoms with van der Waals surface area (Å²) in [6, 6.07) is 21.8. The highest BCUT2D eigenvalue weighted by Crippen LogP contribution is 2.31. The summed E-state index contributed by atoms with van der Waals surface area (Å²) in [5.74, 6) is 1.83. The quantitative estimate of drug-likeness (QED) is 0.304. The number of para-hydroxylation sites is 1. The number of fused-ring (bicyclic) bond motifs is 1. The van der Waals surface area contributed by atoms with Gasteiger partial charge in [-0.1, -0.05) is 24.3 Å². The van der Waals surface area contributed by atoms with Crippen LogP contribution in [0.5, 0.6) is 0 Å². The third-order valence-electron chi connectivity index (χ3n) is 5.03. The van der Waals surface area contributed by atoms with Gasteiger partial charge in [0, 0.05) is 17.1 Å². The zero-order chi connectivity index (χ0) is 21.9. The van der Waals surface area contributed by atoms with Crippen molar-refractivity contribution >= 4 is 45.5 Å². The molecule has 5 aromatic rings. The van der Waals surface area contributed by atoms with E-state index >= 15 is 0 Å². The highest BCUT2D eigenvalue weighted by Gasteiger charge is 2.12. The van der Waals surface area contributed by atoms with Crippen LogP contribution < -0.4 is 10.6 Å². The second-order valence-electron chi connectivity index (χ2n) is 7.29. The van der Waals surface area contributed by atoms with E-state index in [0.717, 1.165) is 27.8 Å². The lowest BCUT2D eigenvalue weighted by molar-refractivity contribution is 1.09. The highest BCUT2D eigenvalue weighted by molar-refractivity contribution is 7.13. The molecule has 8 heteroatoms. The number of nitrogens with one attached hydrogen (secondary N) is 3. The molecule has 0 saturated heterocycles. The van der Waals surface area contributed by atoms with Gasteiger partial charge in [0.25, 0.3) is 0 Å². The van der Waals surface area contributed by atoms with Crippen LogP contribution in [0.2, 0.25) is 0 Å². The standard InChI is InChI=1S/C24H19N7S/c1-15-11-13-32-22(15)20-14-21(31-30-20)28-23-18-4-2-3-5-19(18)27-24(29-23)26-17-8-6-16(7-9-17)10-12-25/h2-9,11,13-14H,10H2,1H3,(H3,26,27,28,29,30,31). The van der Waals surface area contributed by atoms with Crippen molar-refractivity contribution in [1.82, 2.24) is 20.2 Å². The number of rotatable bonds is 6. The van der Waals surface area contributed by atoms with Gasteiger partial charge in [0.15, 0.2) is 5.82 Å². The monoisotopic (exact) mass is 437 g/mol. The summed E-state index contributed by atoms with van der Waals surface area (Å²) in [7, 11) is 0. The molecule has 5 rings (SSSR count). The minimum atomic E-state index is 0.386. The summed E-state index contributed by atoms with van der Waals surface area (Å²) in [4.78, 5) is 10.5.